The molecular weight excluding hydrogens is 340 g/mol. The lowest BCUT2D eigenvalue weighted by Gasteiger charge is -2.30. The summed E-state index contributed by atoms with van der Waals surface area (Å²) >= 11 is 0. The van der Waals surface area contributed by atoms with Crippen molar-refractivity contribution in [3.8, 4) is 0 Å². The molecule has 0 amide bonds. The second-order valence-corrected chi connectivity index (χ2v) is 7.30. The third kappa shape index (κ3) is 4.67. The molecule has 2 rings (SSSR count). The zero-order chi connectivity index (χ0) is 16.3. The molecule has 1 fully saturated rings. The average molecular weight is 363 g/mol. The van der Waals surface area contributed by atoms with Gasteiger partial charge in [-0.25, -0.2) is 17.9 Å². The number of sulfonamides is 1. The smallest absolute Gasteiger partial charge is 0.338 e. The van der Waals surface area contributed by atoms with Crippen LogP contribution in [0.5, 0.6) is 0 Å². The molecule has 1 aliphatic rings. The Morgan fingerprint density at radius 1 is 1.39 bits per heavy atom. The van der Waals surface area contributed by atoms with Gasteiger partial charge in [0.05, 0.1) is 17.6 Å². The van der Waals surface area contributed by atoms with Gasteiger partial charge in [-0.15, -0.1) is 12.4 Å². The topological polar surface area (TPSA) is 84.5 Å². The van der Waals surface area contributed by atoms with Gasteiger partial charge >= 0.3 is 5.97 Å². The summed E-state index contributed by atoms with van der Waals surface area (Å²) in [6, 6.07) is 4.38. The molecule has 6 nitrogen and oxygen atoms in total. The van der Waals surface area contributed by atoms with Crippen molar-refractivity contribution in [1.29, 1.82) is 0 Å². The molecule has 1 aromatic carbocycles. The fraction of sp³-hybridized carbons (Fsp3) is 0.533. The maximum atomic E-state index is 12.5. The van der Waals surface area contributed by atoms with E-state index in [-0.39, 0.29) is 29.4 Å². The molecule has 2 atom stereocenters. The van der Waals surface area contributed by atoms with E-state index in [0.717, 1.165) is 19.4 Å². The highest BCUT2D eigenvalue weighted by Gasteiger charge is 2.27. The minimum atomic E-state index is -3.61. The zero-order valence-corrected chi connectivity index (χ0v) is 15.1. The van der Waals surface area contributed by atoms with Crippen LogP contribution in [-0.2, 0) is 14.8 Å². The van der Waals surface area contributed by atoms with Crippen molar-refractivity contribution in [2.24, 2.45) is 0 Å². The van der Waals surface area contributed by atoms with Crippen LogP contribution < -0.4 is 10.0 Å². The molecular formula is C15H23ClN2O4S. The summed E-state index contributed by atoms with van der Waals surface area (Å²) in [6.07, 6.45) is 1.75. The first-order chi connectivity index (χ1) is 10.3. The monoisotopic (exact) mass is 362 g/mol. The van der Waals surface area contributed by atoms with E-state index in [1.807, 2.05) is 6.92 Å². The molecule has 1 aliphatic heterocycles. The van der Waals surface area contributed by atoms with Crippen molar-refractivity contribution in [1.82, 2.24) is 10.0 Å². The number of benzene rings is 1. The first-order valence-corrected chi connectivity index (χ1v) is 8.78. The fourth-order valence-corrected chi connectivity index (χ4v) is 4.05. The molecule has 0 spiro atoms. The van der Waals surface area contributed by atoms with E-state index < -0.39 is 16.0 Å². The molecule has 1 aromatic rings. The molecule has 8 heteroatoms. The number of hydrogen-bond acceptors (Lipinski definition) is 5. The van der Waals surface area contributed by atoms with Crippen LogP contribution >= 0.6 is 12.4 Å². The number of piperidine rings is 1. The van der Waals surface area contributed by atoms with Crippen molar-refractivity contribution < 1.29 is 17.9 Å². The number of halogens is 1. The molecule has 1 heterocycles. The van der Waals surface area contributed by atoms with Gasteiger partial charge in [-0.1, -0.05) is 0 Å². The van der Waals surface area contributed by atoms with E-state index in [2.05, 4.69) is 14.8 Å². The first kappa shape index (κ1) is 19.9. The Morgan fingerprint density at radius 3 is 2.65 bits per heavy atom. The Bertz CT molecular complexity index is 663. The highest BCUT2D eigenvalue weighted by Crippen LogP contribution is 2.18. The summed E-state index contributed by atoms with van der Waals surface area (Å²) in [5.74, 6) is -0.473. The van der Waals surface area contributed by atoms with E-state index in [1.165, 1.54) is 25.3 Å². The number of hydrogen-bond donors (Lipinski definition) is 2. The predicted octanol–water partition coefficient (Wildman–Crippen LogP) is 1.62. The molecule has 2 unspecified atom stereocenters. The van der Waals surface area contributed by atoms with E-state index in [0.29, 0.717) is 11.1 Å². The second kappa shape index (κ2) is 8.10. The number of esters is 1. The highest BCUT2D eigenvalue weighted by molar-refractivity contribution is 7.89. The number of carbonyl (C=O) groups excluding carboxylic acids is 1. The molecule has 0 aromatic heterocycles. The molecule has 1 saturated heterocycles. The Morgan fingerprint density at radius 2 is 2.09 bits per heavy atom. The van der Waals surface area contributed by atoms with Gasteiger partial charge in [-0.05, 0) is 57.0 Å². The van der Waals surface area contributed by atoms with Gasteiger partial charge in [0.25, 0.3) is 0 Å². The van der Waals surface area contributed by atoms with Crippen molar-refractivity contribution in [2.45, 2.75) is 43.7 Å². The van der Waals surface area contributed by atoms with Crippen molar-refractivity contribution in [3.63, 3.8) is 0 Å². The Balaban J connectivity index is 0.00000264. The second-order valence-electron chi connectivity index (χ2n) is 5.58. The van der Waals surface area contributed by atoms with E-state index in [1.54, 1.807) is 6.92 Å². The standard InChI is InChI=1S/C15H22N2O4S.ClH/c1-10-9-12(6-7-13(10)15(18)21-3)22(19,20)17-14-5-4-8-16-11(14)2;/h6-7,9,11,14,16-17H,4-5,8H2,1-3H3;1H. The lowest BCUT2D eigenvalue weighted by atomic mass is 10.0. The number of rotatable bonds is 4. The number of methoxy groups -OCH3 is 1. The van der Waals surface area contributed by atoms with Gasteiger partial charge in [0, 0.05) is 12.1 Å². The minimum absolute atomic E-state index is 0. The molecule has 0 radical (unpaired) electrons. The van der Waals surface area contributed by atoms with Gasteiger partial charge in [0.1, 0.15) is 0 Å². The average Bonchev–Trinajstić information content (AvgIpc) is 2.48. The van der Waals surface area contributed by atoms with Crippen LogP contribution in [0.15, 0.2) is 23.1 Å². The van der Waals surface area contributed by atoms with Gasteiger partial charge in [0.15, 0.2) is 0 Å². The lowest BCUT2D eigenvalue weighted by molar-refractivity contribution is 0.0600. The SMILES string of the molecule is COC(=O)c1ccc(S(=O)(=O)NC2CCCNC2C)cc1C.Cl. The van der Waals surface area contributed by atoms with Gasteiger partial charge in [-0.2, -0.15) is 0 Å². The maximum Gasteiger partial charge on any atom is 0.338 e. The molecule has 0 aliphatic carbocycles. The summed E-state index contributed by atoms with van der Waals surface area (Å²) in [6.45, 7) is 4.57. The van der Waals surface area contributed by atoms with Crippen molar-refractivity contribution >= 4 is 28.4 Å². The number of aryl methyl sites for hydroxylation is 1. The molecule has 23 heavy (non-hydrogen) atoms. The van der Waals surface area contributed by atoms with Crippen molar-refractivity contribution in [2.75, 3.05) is 13.7 Å². The summed E-state index contributed by atoms with van der Waals surface area (Å²) in [7, 11) is -2.31. The third-order valence-electron chi connectivity index (χ3n) is 3.98. The molecule has 0 bridgehead atoms. The van der Waals surface area contributed by atoms with Gasteiger partial charge < -0.3 is 10.1 Å². The van der Waals surface area contributed by atoms with Crippen LogP contribution in [0.25, 0.3) is 0 Å². The molecule has 0 saturated carbocycles. The van der Waals surface area contributed by atoms with Crippen LogP contribution in [0.1, 0.15) is 35.7 Å². The van der Waals surface area contributed by atoms with Crippen LogP contribution in [0.3, 0.4) is 0 Å². The number of ether oxygens (including phenoxy) is 1. The number of nitrogens with one attached hydrogen (secondary N) is 2. The van der Waals surface area contributed by atoms with E-state index >= 15 is 0 Å². The largest absolute Gasteiger partial charge is 0.465 e. The summed E-state index contributed by atoms with van der Waals surface area (Å²) in [5.41, 5.74) is 0.943. The summed E-state index contributed by atoms with van der Waals surface area (Å²) in [5, 5.41) is 3.26. The quantitative estimate of drug-likeness (QED) is 0.795. The normalized spacial score (nSPS) is 21.3. The Kier molecular flexibility index (Phi) is 7.01. The third-order valence-corrected chi connectivity index (χ3v) is 5.47. The maximum absolute atomic E-state index is 12.5. The molecule has 2 N–H and O–H groups in total. The molecule has 130 valence electrons. The van der Waals surface area contributed by atoms with Gasteiger partial charge in [0.2, 0.25) is 10.0 Å². The van der Waals surface area contributed by atoms with Crippen LogP contribution in [0.2, 0.25) is 0 Å². The Labute approximate surface area is 143 Å². The van der Waals surface area contributed by atoms with Crippen LogP contribution in [0, 0.1) is 6.92 Å². The predicted molar refractivity (Wildman–Crippen MR) is 90.6 cm³/mol. The van der Waals surface area contributed by atoms with E-state index in [4.69, 9.17) is 0 Å². The minimum Gasteiger partial charge on any atom is -0.465 e. The van der Waals surface area contributed by atoms with Crippen molar-refractivity contribution in [3.05, 3.63) is 29.3 Å². The van der Waals surface area contributed by atoms with Crippen LogP contribution in [-0.4, -0.2) is 40.1 Å². The summed E-state index contributed by atoms with van der Waals surface area (Å²) < 4.78 is 32.4. The fourth-order valence-electron chi connectivity index (χ4n) is 2.61. The summed E-state index contributed by atoms with van der Waals surface area (Å²) in [4.78, 5) is 11.7. The van der Waals surface area contributed by atoms with Gasteiger partial charge in [-0.3, -0.25) is 0 Å². The first-order valence-electron chi connectivity index (χ1n) is 7.30. The van der Waals surface area contributed by atoms with Crippen LogP contribution in [0.4, 0.5) is 0 Å². The zero-order valence-electron chi connectivity index (χ0n) is 13.5. The number of carbonyl (C=O) groups is 1. The Hall–Kier alpha value is -1.15. The van der Waals surface area contributed by atoms with E-state index in [9.17, 15) is 13.2 Å². The lowest BCUT2D eigenvalue weighted by Crippen LogP contribution is -2.51. The highest BCUT2D eigenvalue weighted by atomic mass is 35.5.